The maximum Gasteiger partial charge on any atom is 0.160 e. The molecule has 0 radical (unpaired) electrons. The monoisotopic (exact) mass is 986 g/mol. The molecule has 8 heteroatoms. The molecule has 0 aliphatic carbocycles. The van der Waals surface area contributed by atoms with Crippen molar-refractivity contribution < 1.29 is 29.5 Å². The molecule has 60 heavy (non-hydrogen) atoms. The molecule has 0 N–H and O–H groups in total. The molecule has 0 saturated heterocycles. The van der Waals surface area contributed by atoms with Gasteiger partial charge in [-0.2, -0.15) is 0 Å². The van der Waals surface area contributed by atoms with Crippen molar-refractivity contribution >= 4 is 54.4 Å². The van der Waals surface area contributed by atoms with Gasteiger partial charge in [-0.25, -0.2) is 13.4 Å². The van der Waals surface area contributed by atoms with E-state index in [-0.39, 0.29) is 41.7 Å². The van der Waals surface area contributed by atoms with E-state index in [1.807, 2.05) is 79.6 Å². The van der Waals surface area contributed by atoms with Crippen LogP contribution in [0.5, 0.6) is 0 Å². The number of fused-ring (bicyclic) bond motifs is 4. The zero-order valence-electron chi connectivity index (χ0n) is 35.1. The Morgan fingerprint density at radius 1 is 0.633 bits per heavy atom. The van der Waals surface area contributed by atoms with Gasteiger partial charge in [-0.3, -0.25) is 0 Å². The van der Waals surface area contributed by atoms with E-state index in [1.165, 1.54) is 5.56 Å². The van der Waals surface area contributed by atoms with Gasteiger partial charge in [0.1, 0.15) is 5.82 Å². The van der Waals surface area contributed by atoms with Crippen LogP contribution in [0.1, 0.15) is 63.8 Å². The van der Waals surface area contributed by atoms with Gasteiger partial charge in [0.15, 0.2) is 9.84 Å². The summed E-state index contributed by atoms with van der Waals surface area (Å²) in [7, 11) is -4.22. The first-order chi connectivity index (χ1) is 28.1. The van der Waals surface area contributed by atoms with Gasteiger partial charge in [0.2, 0.25) is 0 Å². The van der Waals surface area contributed by atoms with Crippen molar-refractivity contribution in [2.24, 2.45) is 0 Å². The molecule has 0 saturated carbocycles. The van der Waals surface area contributed by atoms with E-state index >= 15 is 8.42 Å². The summed E-state index contributed by atoms with van der Waals surface area (Å²) in [6.45, 7) is 19.1. The molecule has 6 nitrogen and oxygen atoms in total. The quantitative estimate of drug-likeness (QED) is 0.155. The first-order valence-corrected chi connectivity index (χ1v) is 21.5. The van der Waals surface area contributed by atoms with E-state index < -0.39 is 9.84 Å². The van der Waals surface area contributed by atoms with E-state index in [2.05, 4.69) is 130 Å². The van der Waals surface area contributed by atoms with Crippen molar-refractivity contribution in [1.29, 1.82) is 0 Å². The molecule has 0 spiro atoms. The second-order valence-electron chi connectivity index (χ2n) is 17.6. The van der Waals surface area contributed by atoms with Gasteiger partial charge < -0.3 is 14.4 Å². The van der Waals surface area contributed by atoms with Crippen LogP contribution in [-0.2, 0) is 41.7 Å². The molecular formula is C52H47N4O2PtS-3. The summed E-state index contributed by atoms with van der Waals surface area (Å²) in [5.74, 6) is 0.703. The number of hydrogen-bond acceptors (Lipinski definition) is 5. The molecule has 9 rings (SSSR count). The van der Waals surface area contributed by atoms with Crippen LogP contribution >= 0.6 is 0 Å². The first kappa shape index (κ1) is 41.3. The minimum Gasteiger partial charge on any atom is -0.493 e. The Balaban J connectivity index is 0.00000499. The predicted octanol–water partition coefficient (Wildman–Crippen LogP) is 12.9. The van der Waals surface area contributed by atoms with Crippen LogP contribution in [0.2, 0.25) is 0 Å². The number of para-hydroxylation sites is 2. The van der Waals surface area contributed by atoms with Gasteiger partial charge in [-0.1, -0.05) is 119 Å². The molecule has 0 amide bonds. The minimum absolute atomic E-state index is 0. The molecular weight excluding hydrogens is 940 g/mol. The Hall–Kier alpha value is -5.49. The van der Waals surface area contributed by atoms with Crippen LogP contribution < -0.4 is 9.80 Å². The summed E-state index contributed by atoms with van der Waals surface area (Å²) in [4.78, 5) is 9.25. The molecule has 6 aromatic carbocycles. The normalized spacial score (nSPS) is 13.2. The average Bonchev–Trinajstić information content (AvgIpc) is 3.76. The third-order valence-corrected chi connectivity index (χ3v) is 13.1. The smallest absolute Gasteiger partial charge is 0.160 e. The first-order valence-electron chi connectivity index (χ1n) is 20.0. The molecule has 1 aliphatic rings. The Morgan fingerprint density at radius 2 is 1.23 bits per heavy atom. The summed E-state index contributed by atoms with van der Waals surface area (Å²) >= 11 is 0. The van der Waals surface area contributed by atoms with E-state index in [0.29, 0.717) is 17.0 Å². The number of anilines is 4. The van der Waals surface area contributed by atoms with Crippen LogP contribution in [0.3, 0.4) is 0 Å². The van der Waals surface area contributed by atoms with Crippen LogP contribution in [0.25, 0.3) is 38.8 Å². The Labute approximate surface area is 368 Å². The summed E-state index contributed by atoms with van der Waals surface area (Å²) in [6.07, 6.45) is 1.83. The van der Waals surface area contributed by atoms with Crippen LogP contribution in [0, 0.1) is 32.6 Å². The van der Waals surface area contributed by atoms with Gasteiger partial charge in [0, 0.05) is 49.8 Å². The van der Waals surface area contributed by atoms with Gasteiger partial charge >= 0.3 is 0 Å². The number of rotatable bonds is 6. The van der Waals surface area contributed by atoms with Crippen molar-refractivity contribution in [2.75, 3.05) is 9.80 Å². The molecule has 0 unspecified atom stereocenters. The van der Waals surface area contributed by atoms with Crippen LogP contribution in [-0.4, -0.2) is 18.0 Å². The maximum atomic E-state index is 15.5. The van der Waals surface area contributed by atoms with Crippen LogP contribution in [0.15, 0.2) is 143 Å². The molecule has 1 aliphatic heterocycles. The third-order valence-electron chi connectivity index (χ3n) is 11.5. The number of pyridine rings is 1. The van der Waals surface area contributed by atoms with Crippen molar-refractivity contribution in [1.82, 2.24) is 9.55 Å². The summed E-state index contributed by atoms with van der Waals surface area (Å²) in [5, 5.41) is 1.90. The molecule has 8 aromatic rings. The van der Waals surface area contributed by atoms with Crippen LogP contribution in [0.4, 0.5) is 22.7 Å². The van der Waals surface area contributed by atoms with Gasteiger partial charge in [0.05, 0.1) is 0 Å². The zero-order chi connectivity index (χ0) is 41.4. The van der Waals surface area contributed by atoms with Gasteiger partial charge in [-0.05, 0) is 105 Å². The largest absolute Gasteiger partial charge is 0.493 e. The summed E-state index contributed by atoms with van der Waals surface area (Å²) < 4.78 is 33.0. The zero-order valence-corrected chi connectivity index (χ0v) is 38.2. The number of sulfone groups is 1. The predicted molar refractivity (Wildman–Crippen MR) is 242 cm³/mol. The summed E-state index contributed by atoms with van der Waals surface area (Å²) in [5.41, 5.74) is 10.7. The fourth-order valence-corrected chi connectivity index (χ4v) is 9.24. The Morgan fingerprint density at radius 3 is 1.90 bits per heavy atom. The molecule has 0 fully saturated rings. The molecule has 306 valence electrons. The van der Waals surface area contributed by atoms with Crippen molar-refractivity contribution in [3.05, 3.63) is 175 Å². The van der Waals surface area contributed by atoms with Gasteiger partial charge in [0.25, 0.3) is 0 Å². The molecule has 3 heterocycles. The second kappa shape index (κ2) is 15.2. The van der Waals surface area contributed by atoms with E-state index in [1.54, 1.807) is 12.1 Å². The van der Waals surface area contributed by atoms with Crippen molar-refractivity contribution in [2.45, 2.75) is 76.0 Å². The minimum atomic E-state index is -4.22. The van der Waals surface area contributed by atoms with E-state index in [4.69, 9.17) is 4.98 Å². The van der Waals surface area contributed by atoms with E-state index in [9.17, 15) is 0 Å². The topological polar surface area (TPSA) is 58.4 Å². The number of aryl methyl sites for hydroxylation is 2. The van der Waals surface area contributed by atoms with Crippen molar-refractivity contribution in [3.63, 3.8) is 0 Å². The second-order valence-corrected chi connectivity index (χ2v) is 19.5. The third kappa shape index (κ3) is 7.16. The Bertz CT molecular complexity index is 3040. The van der Waals surface area contributed by atoms with Crippen molar-refractivity contribution in [3.8, 4) is 16.9 Å². The summed E-state index contributed by atoms with van der Waals surface area (Å²) in [6, 6.07) is 49.5. The number of hydrogen-bond donors (Lipinski definition) is 0. The number of aromatic nitrogens is 2. The molecule has 2 aromatic heterocycles. The fraction of sp³-hybridized carbons (Fsp3) is 0.192. The number of nitrogens with zero attached hydrogens (tertiary/aromatic N) is 4. The average molecular weight is 987 g/mol. The molecule has 0 atom stereocenters. The molecule has 0 bridgehead atoms. The number of benzene rings is 6. The van der Waals surface area contributed by atoms with Gasteiger partial charge in [-0.15, -0.1) is 53.8 Å². The maximum absolute atomic E-state index is 15.5. The standard InChI is InChI=1S/C52H47N4O2S.Pt/c1-34-25-46-47(26-35(34)2)55(33-54(46)39-19-13-10-14-20-39)40-27-38(52(6,7)8)28-41(30-40)59(57,58)42-31-44(36-17-11-9-12-18-36)50-43-21-15-16-22-45(43)56(48(50)32-42)49-29-37(23-24-53-49)51(3,4)5;/h9-29,31,33H,1-8H3;/q-3;. The van der Waals surface area contributed by atoms with E-state index in [0.717, 1.165) is 61.2 Å². The Kier molecular flexibility index (Phi) is 10.5. The fourth-order valence-electron chi connectivity index (χ4n) is 7.97. The SMILES string of the molecule is Cc1cc2c(cc1C)N(c1ccccc1)[CH-]N2c1[c-]c(S(=O)(=O)c2[c-]c3c(c(-c4ccccc4)c2)c2ccccc2n3-c2cc(C(C)(C)C)ccn2)cc(C(C)(C)C)c1.[Pt].